The minimum atomic E-state index is -0.921. The standard InChI is InChI=1S/C29H31ClN2O2/c1-29(2,30)27(33)24-13-16-26-23(20-24)10-7-19-32(26)28(22-11-14-25(34-3)15-12-22)31-18-17-21-8-5-4-6-9-21/h4-6,8-9,11-16,20H,7,10,17-19H2,1-3H3. The van der Waals surface area contributed by atoms with Crippen molar-refractivity contribution in [2.24, 2.45) is 4.99 Å². The molecule has 34 heavy (non-hydrogen) atoms. The Morgan fingerprint density at radius 3 is 2.41 bits per heavy atom. The van der Waals surface area contributed by atoms with Gasteiger partial charge in [-0.15, -0.1) is 11.6 Å². The number of nitrogens with zero attached hydrogens (tertiary/aromatic N) is 2. The van der Waals surface area contributed by atoms with E-state index < -0.39 is 4.87 Å². The number of carbonyl (C=O) groups excluding carboxylic acids is 1. The molecule has 0 aromatic heterocycles. The summed E-state index contributed by atoms with van der Waals surface area (Å²) in [5.41, 5.74) is 5.23. The van der Waals surface area contributed by atoms with Crippen molar-refractivity contribution in [3.8, 4) is 5.75 Å². The highest BCUT2D eigenvalue weighted by molar-refractivity contribution is 6.37. The Morgan fingerprint density at radius 2 is 1.74 bits per heavy atom. The van der Waals surface area contributed by atoms with E-state index in [1.807, 2.05) is 36.4 Å². The maximum Gasteiger partial charge on any atom is 0.183 e. The topological polar surface area (TPSA) is 41.9 Å². The van der Waals surface area contributed by atoms with Crippen molar-refractivity contribution in [2.45, 2.75) is 38.0 Å². The minimum Gasteiger partial charge on any atom is -0.497 e. The lowest BCUT2D eigenvalue weighted by Crippen LogP contribution is -2.36. The van der Waals surface area contributed by atoms with E-state index in [4.69, 9.17) is 21.3 Å². The first kappa shape index (κ1) is 24.0. The number of halogens is 1. The number of Topliss-reactive ketones (excluding diaryl/α,β-unsaturated/α-hetero) is 1. The van der Waals surface area contributed by atoms with Crippen LogP contribution in [-0.4, -0.2) is 36.7 Å². The molecule has 1 heterocycles. The predicted octanol–water partition coefficient (Wildman–Crippen LogP) is 6.34. The highest BCUT2D eigenvalue weighted by atomic mass is 35.5. The number of amidine groups is 1. The molecule has 0 unspecified atom stereocenters. The summed E-state index contributed by atoms with van der Waals surface area (Å²) < 4.78 is 5.36. The van der Waals surface area contributed by atoms with Crippen LogP contribution >= 0.6 is 11.6 Å². The number of ether oxygens (including phenoxy) is 1. The van der Waals surface area contributed by atoms with E-state index in [1.54, 1.807) is 21.0 Å². The molecule has 0 fully saturated rings. The summed E-state index contributed by atoms with van der Waals surface area (Å²) in [6.07, 6.45) is 2.79. The first-order chi connectivity index (χ1) is 16.4. The Kier molecular flexibility index (Phi) is 7.38. The first-order valence-electron chi connectivity index (χ1n) is 11.7. The highest BCUT2D eigenvalue weighted by Crippen LogP contribution is 2.32. The van der Waals surface area contributed by atoms with E-state index in [0.717, 1.165) is 54.2 Å². The third-order valence-electron chi connectivity index (χ3n) is 6.11. The van der Waals surface area contributed by atoms with E-state index in [0.29, 0.717) is 12.1 Å². The summed E-state index contributed by atoms with van der Waals surface area (Å²) in [5.74, 6) is 1.70. The van der Waals surface area contributed by atoms with Gasteiger partial charge in [-0.1, -0.05) is 30.3 Å². The average molecular weight is 475 g/mol. The van der Waals surface area contributed by atoms with Gasteiger partial charge in [-0.05, 0) is 86.7 Å². The van der Waals surface area contributed by atoms with Gasteiger partial charge >= 0.3 is 0 Å². The number of ketones is 1. The maximum absolute atomic E-state index is 12.7. The number of aryl methyl sites for hydroxylation is 1. The number of rotatable bonds is 7. The van der Waals surface area contributed by atoms with Crippen LogP contribution in [0.3, 0.4) is 0 Å². The molecular formula is C29H31ClN2O2. The van der Waals surface area contributed by atoms with Gasteiger partial charge in [0.2, 0.25) is 0 Å². The number of anilines is 1. The smallest absolute Gasteiger partial charge is 0.183 e. The second-order valence-electron chi connectivity index (χ2n) is 9.07. The number of fused-ring (bicyclic) bond motifs is 1. The zero-order chi connectivity index (χ0) is 24.1. The number of methoxy groups -OCH3 is 1. The van der Waals surface area contributed by atoms with Crippen LogP contribution in [0.5, 0.6) is 5.75 Å². The average Bonchev–Trinajstić information content (AvgIpc) is 2.86. The Labute approximate surface area is 207 Å². The number of benzene rings is 3. The predicted molar refractivity (Wildman–Crippen MR) is 141 cm³/mol. The summed E-state index contributed by atoms with van der Waals surface area (Å²) in [6.45, 7) is 5.04. The molecule has 0 atom stereocenters. The van der Waals surface area contributed by atoms with Gasteiger partial charge in [-0.3, -0.25) is 9.79 Å². The Bertz CT molecular complexity index is 1160. The highest BCUT2D eigenvalue weighted by Gasteiger charge is 2.28. The lowest BCUT2D eigenvalue weighted by atomic mass is 9.93. The van der Waals surface area contributed by atoms with Gasteiger partial charge in [0.1, 0.15) is 16.5 Å². The molecule has 0 spiro atoms. The molecule has 176 valence electrons. The fraction of sp³-hybridized carbons (Fsp3) is 0.310. The van der Waals surface area contributed by atoms with Crippen LogP contribution in [0.15, 0.2) is 77.8 Å². The van der Waals surface area contributed by atoms with Crippen LogP contribution in [0.4, 0.5) is 5.69 Å². The van der Waals surface area contributed by atoms with Crippen molar-refractivity contribution in [3.63, 3.8) is 0 Å². The fourth-order valence-electron chi connectivity index (χ4n) is 4.31. The van der Waals surface area contributed by atoms with Crippen molar-refractivity contribution in [1.82, 2.24) is 0 Å². The Balaban J connectivity index is 1.68. The number of carbonyl (C=O) groups is 1. The Hall–Kier alpha value is -3.11. The van der Waals surface area contributed by atoms with Crippen LogP contribution in [0, 0.1) is 0 Å². The fourth-order valence-corrected chi connectivity index (χ4v) is 4.42. The van der Waals surface area contributed by atoms with Crippen molar-refractivity contribution in [2.75, 3.05) is 25.1 Å². The third-order valence-corrected chi connectivity index (χ3v) is 6.28. The molecule has 0 aliphatic carbocycles. The molecular weight excluding hydrogens is 444 g/mol. The minimum absolute atomic E-state index is 0.0546. The largest absolute Gasteiger partial charge is 0.497 e. The molecule has 4 nitrogen and oxygen atoms in total. The van der Waals surface area contributed by atoms with Crippen molar-refractivity contribution < 1.29 is 9.53 Å². The molecule has 0 bridgehead atoms. The van der Waals surface area contributed by atoms with Crippen LogP contribution in [0.1, 0.15) is 47.3 Å². The van der Waals surface area contributed by atoms with Gasteiger partial charge in [-0.2, -0.15) is 0 Å². The lowest BCUT2D eigenvalue weighted by Gasteiger charge is -2.33. The van der Waals surface area contributed by atoms with Crippen LogP contribution < -0.4 is 9.64 Å². The number of aliphatic imine (C=N–C) groups is 1. The zero-order valence-electron chi connectivity index (χ0n) is 20.1. The van der Waals surface area contributed by atoms with Crippen LogP contribution in [-0.2, 0) is 12.8 Å². The van der Waals surface area contributed by atoms with E-state index >= 15 is 0 Å². The lowest BCUT2D eigenvalue weighted by molar-refractivity contribution is 0.0954. The summed E-state index contributed by atoms with van der Waals surface area (Å²) in [5, 5.41) is 0. The summed E-state index contributed by atoms with van der Waals surface area (Å²) in [6, 6.07) is 24.4. The van der Waals surface area contributed by atoms with E-state index in [9.17, 15) is 4.79 Å². The first-order valence-corrected chi connectivity index (χ1v) is 12.1. The molecule has 0 saturated heterocycles. The molecule has 5 heteroatoms. The molecule has 3 aromatic rings. The monoisotopic (exact) mass is 474 g/mol. The molecule has 4 rings (SSSR count). The van der Waals surface area contributed by atoms with Crippen molar-refractivity contribution >= 4 is 28.9 Å². The second-order valence-corrected chi connectivity index (χ2v) is 10.0. The van der Waals surface area contributed by atoms with Gasteiger partial charge in [0.25, 0.3) is 0 Å². The molecule has 0 N–H and O–H groups in total. The number of hydrogen-bond donors (Lipinski definition) is 0. The molecule has 0 radical (unpaired) electrons. The van der Waals surface area contributed by atoms with Crippen LogP contribution in [0.25, 0.3) is 0 Å². The molecule has 3 aromatic carbocycles. The van der Waals surface area contributed by atoms with Crippen LogP contribution in [0.2, 0.25) is 0 Å². The molecule has 1 aliphatic heterocycles. The second kappa shape index (κ2) is 10.4. The van der Waals surface area contributed by atoms with Gasteiger partial charge in [0, 0.05) is 29.9 Å². The summed E-state index contributed by atoms with van der Waals surface area (Å²) in [7, 11) is 1.67. The van der Waals surface area contributed by atoms with Gasteiger partial charge in [-0.25, -0.2) is 0 Å². The van der Waals surface area contributed by atoms with Crippen molar-refractivity contribution in [1.29, 1.82) is 0 Å². The normalized spacial score (nSPS) is 14.0. The number of alkyl halides is 1. The number of hydrogen-bond acceptors (Lipinski definition) is 3. The van der Waals surface area contributed by atoms with Gasteiger partial charge in [0.05, 0.1) is 7.11 Å². The zero-order valence-corrected chi connectivity index (χ0v) is 20.8. The summed E-state index contributed by atoms with van der Waals surface area (Å²) >= 11 is 6.30. The molecule has 0 amide bonds. The third kappa shape index (κ3) is 5.51. The van der Waals surface area contributed by atoms with E-state index in [2.05, 4.69) is 41.3 Å². The Morgan fingerprint density at radius 1 is 1.03 bits per heavy atom. The van der Waals surface area contributed by atoms with Crippen molar-refractivity contribution in [3.05, 3.63) is 95.1 Å². The maximum atomic E-state index is 12.7. The van der Waals surface area contributed by atoms with Gasteiger partial charge in [0.15, 0.2) is 5.78 Å². The van der Waals surface area contributed by atoms with Gasteiger partial charge < -0.3 is 9.64 Å². The van der Waals surface area contributed by atoms with E-state index in [-0.39, 0.29) is 5.78 Å². The molecule has 1 aliphatic rings. The SMILES string of the molecule is COc1ccc(C(=NCCc2ccccc2)N2CCCc3cc(C(=O)C(C)(C)Cl)ccc32)cc1. The summed E-state index contributed by atoms with van der Waals surface area (Å²) in [4.78, 5) is 19.2. The molecule has 0 saturated carbocycles. The quantitative estimate of drug-likeness (QED) is 0.174. The van der Waals surface area contributed by atoms with E-state index in [1.165, 1.54) is 5.56 Å².